The predicted molar refractivity (Wildman–Crippen MR) is 89.0 cm³/mol. The van der Waals surface area contributed by atoms with E-state index in [0.717, 1.165) is 31.2 Å². The maximum atomic E-state index is 9.23. The van der Waals surface area contributed by atoms with Gasteiger partial charge < -0.3 is 9.52 Å². The van der Waals surface area contributed by atoms with E-state index in [0.29, 0.717) is 41.9 Å². The zero-order valence-electron chi connectivity index (χ0n) is 13.3. The van der Waals surface area contributed by atoms with Crippen LogP contribution in [0.3, 0.4) is 0 Å². The van der Waals surface area contributed by atoms with Gasteiger partial charge in [0.05, 0.1) is 6.54 Å². The number of halogens is 1. The lowest BCUT2D eigenvalue weighted by Gasteiger charge is -2.33. The topological polar surface area (TPSA) is 62.4 Å². The van der Waals surface area contributed by atoms with Gasteiger partial charge in [0.25, 0.3) is 0 Å². The fourth-order valence-electron chi connectivity index (χ4n) is 3.17. The molecule has 1 fully saturated rings. The molecule has 0 radical (unpaired) electrons. The number of hydrogen-bond acceptors (Lipinski definition) is 5. The van der Waals surface area contributed by atoms with Crippen LogP contribution in [0.15, 0.2) is 28.7 Å². The highest BCUT2D eigenvalue weighted by Crippen LogP contribution is 2.28. The minimum absolute atomic E-state index is 0.309. The number of nitrogens with zero attached hydrogens (tertiary/aromatic N) is 3. The second kappa shape index (κ2) is 7.43. The fraction of sp³-hybridized carbons (Fsp3) is 0.529. The van der Waals surface area contributed by atoms with Gasteiger partial charge in [-0.1, -0.05) is 17.7 Å². The average molecular weight is 336 g/mol. The molecule has 2 aromatic rings. The van der Waals surface area contributed by atoms with Gasteiger partial charge in [-0.25, -0.2) is 0 Å². The molecule has 3 rings (SSSR count). The van der Waals surface area contributed by atoms with Crippen molar-refractivity contribution in [3.63, 3.8) is 0 Å². The lowest BCUT2D eigenvalue weighted by molar-refractivity contribution is 0.118. The Labute approximate surface area is 141 Å². The van der Waals surface area contributed by atoms with Gasteiger partial charge in [0, 0.05) is 23.2 Å². The van der Waals surface area contributed by atoms with E-state index in [9.17, 15) is 5.11 Å². The molecule has 1 saturated carbocycles. The highest BCUT2D eigenvalue weighted by Gasteiger charge is 2.24. The normalized spacial score (nSPS) is 21.7. The van der Waals surface area contributed by atoms with Gasteiger partial charge in [-0.15, -0.1) is 10.2 Å². The van der Waals surface area contributed by atoms with Gasteiger partial charge in [0.1, 0.15) is 0 Å². The monoisotopic (exact) mass is 335 g/mol. The van der Waals surface area contributed by atoms with E-state index in [1.807, 2.05) is 24.3 Å². The minimum Gasteiger partial charge on any atom is -0.419 e. The smallest absolute Gasteiger partial charge is 0.247 e. The molecule has 124 valence electrons. The molecule has 1 aliphatic carbocycles. The number of hydrogen-bond donors (Lipinski definition) is 1. The third-order valence-corrected chi connectivity index (χ3v) is 4.86. The van der Waals surface area contributed by atoms with E-state index in [-0.39, 0.29) is 0 Å². The number of aliphatic hydroxyl groups is 1. The lowest BCUT2D eigenvalue weighted by Crippen LogP contribution is -2.35. The fourth-order valence-corrected chi connectivity index (χ4v) is 3.36. The number of aliphatic hydroxyl groups excluding tert-OH is 1. The highest BCUT2D eigenvalue weighted by molar-refractivity contribution is 6.30. The van der Waals surface area contributed by atoms with Crippen molar-refractivity contribution in [3.8, 4) is 11.5 Å². The van der Waals surface area contributed by atoms with Crippen LogP contribution in [0.1, 0.15) is 31.6 Å². The zero-order valence-corrected chi connectivity index (χ0v) is 14.0. The summed E-state index contributed by atoms with van der Waals surface area (Å²) < 4.78 is 5.77. The van der Waals surface area contributed by atoms with Crippen LogP contribution in [-0.2, 0) is 6.54 Å². The summed E-state index contributed by atoms with van der Waals surface area (Å²) in [5.74, 6) is 1.59. The predicted octanol–water partition coefficient (Wildman–Crippen LogP) is 3.37. The Morgan fingerprint density at radius 2 is 2.04 bits per heavy atom. The quantitative estimate of drug-likeness (QED) is 0.907. The first-order valence-corrected chi connectivity index (χ1v) is 8.43. The molecule has 0 amide bonds. The summed E-state index contributed by atoms with van der Waals surface area (Å²) in [6, 6.07) is 7.92. The molecule has 1 aliphatic rings. The first kappa shape index (κ1) is 16.4. The Kier molecular flexibility index (Phi) is 5.30. The van der Waals surface area contributed by atoms with Crippen molar-refractivity contribution in [1.82, 2.24) is 15.1 Å². The number of rotatable bonds is 5. The molecular formula is C17H22ClN3O2. The molecule has 1 aromatic carbocycles. The van der Waals surface area contributed by atoms with Crippen molar-refractivity contribution in [2.45, 2.75) is 38.3 Å². The van der Waals surface area contributed by atoms with E-state index in [4.69, 9.17) is 16.0 Å². The minimum atomic E-state index is 0.309. The molecule has 23 heavy (non-hydrogen) atoms. The molecule has 1 heterocycles. The molecule has 0 bridgehead atoms. The molecule has 0 spiro atoms. The summed E-state index contributed by atoms with van der Waals surface area (Å²) in [6.45, 7) is 0.950. The van der Waals surface area contributed by atoms with Crippen LogP contribution in [-0.4, -0.2) is 39.9 Å². The summed E-state index contributed by atoms with van der Waals surface area (Å²) in [5, 5.41) is 18.1. The Morgan fingerprint density at radius 3 is 2.74 bits per heavy atom. The second-order valence-electron chi connectivity index (χ2n) is 6.28. The molecule has 1 aromatic heterocycles. The summed E-state index contributed by atoms with van der Waals surface area (Å²) in [5.41, 5.74) is 0.836. The third-order valence-electron chi connectivity index (χ3n) is 4.62. The maximum absolute atomic E-state index is 9.23. The summed E-state index contributed by atoms with van der Waals surface area (Å²) in [4.78, 5) is 2.27. The van der Waals surface area contributed by atoms with Crippen molar-refractivity contribution >= 4 is 11.6 Å². The van der Waals surface area contributed by atoms with Crippen molar-refractivity contribution < 1.29 is 9.52 Å². The first-order valence-electron chi connectivity index (χ1n) is 8.05. The van der Waals surface area contributed by atoms with Crippen molar-refractivity contribution in [1.29, 1.82) is 0 Å². The van der Waals surface area contributed by atoms with Crippen LogP contribution >= 0.6 is 11.6 Å². The molecule has 5 nitrogen and oxygen atoms in total. The molecule has 0 unspecified atom stereocenters. The van der Waals surface area contributed by atoms with E-state index in [1.165, 1.54) is 0 Å². The van der Waals surface area contributed by atoms with Gasteiger partial charge in [-0.05, 0) is 56.8 Å². The van der Waals surface area contributed by atoms with Crippen molar-refractivity contribution in [2.24, 2.45) is 5.92 Å². The van der Waals surface area contributed by atoms with Crippen molar-refractivity contribution in [3.05, 3.63) is 35.2 Å². The summed E-state index contributed by atoms with van der Waals surface area (Å²) in [7, 11) is 2.09. The second-order valence-corrected chi connectivity index (χ2v) is 6.72. The molecule has 0 aliphatic heterocycles. The maximum Gasteiger partial charge on any atom is 0.247 e. The number of benzene rings is 1. The van der Waals surface area contributed by atoms with Crippen LogP contribution in [0, 0.1) is 5.92 Å². The van der Waals surface area contributed by atoms with E-state index in [2.05, 4.69) is 22.1 Å². The standard InChI is InChI=1S/C17H22ClN3O2/c1-21(15-7-5-12(11-22)6-8-15)10-16-19-20-17(23-16)13-3-2-4-14(18)9-13/h2-4,9,12,15,22H,5-8,10-11H2,1H3. The van der Waals surface area contributed by atoms with Gasteiger partial charge in [0.2, 0.25) is 11.8 Å². The van der Waals surface area contributed by atoms with E-state index >= 15 is 0 Å². The van der Waals surface area contributed by atoms with Gasteiger partial charge in [-0.2, -0.15) is 0 Å². The molecule has 0 saturated heterocycles. The molecular weight excluding hydrogens is 314 g/mol. The Hall–Kier alpha value is -1.43. The van der Waals surface area contributed by atoms with Gasteiger partial charge in [0.15, 0.2) is 0 Å². The van der Waals surface area contributed by atoms with Crippen LogP contribution in [0.25, 0.3) is 11.5 Å². The van der Waals surface area contributed by atoms with Crippen molar-refractivity contribution in [2.75, 3.05) is 13.7 Å². The Morgan fingerprint density at radius 1 is 1.26 bits per heavy atom. The van der Waals surface area contributed by atoms with Crippen LogP contribution in [0.2, 0.25) is 5.02 Å². The average Bonchev–Trinajstić information content (AvgIpc) is 3.03. The SMILES string of the molecule is CN(Cc1nnc(-c2cccc(Cl)c2)o1)C1CCC(CO)CC1. The van der Waals surface area contributed by atoms with Crippen LogP contribution in [0.5, 0.6) is 0 Å². The van der Waals surface area contributed by atoms with Crippen LogP contribution < -0.4 is 0 Å². The van der Waals surface area contributed by atoms with E-state index < -0.39 is 0 Å². The lowest BCUT2D eigenvalue weighted by atomic mass is 9.86. The molecule has 6 heteroatoms. The van der Waals surface area contributed by atoms with E-state index in [1.54, 1.807) is 0 Å². The third kappa shape index (κ3) is 4.10. The molecule has 1 N–H and O–H groups in total. The van der Waals surface area contributed by atoms with Gasteiger partial charge >= 0.3 is 0 Å². The Balaban J connectivity index is 1.60. The summed E-state index contributed by atoms with van der Waals surface area (Å²) >= 11 is 6.00. The zero-order chi connectivity index (χ0) is 16.2. The Bertz CT molecular complexity index is 638. The van der Waals surface area contributed by atoms with Crippen LogP contribution in [0.4, 0.5) is 0 Å². The largest absolute Gasteiger partial charge is 0.419 e. The molecule has 0 atom stereocenters. The van der Waals surface area contributed by atoms with Gasteiger partial charge in [-0.3, -0.25) is 4.90 Å². The highest BCUT2D eigenvalue weighted by atomic mass is 35.5. The number of aromatic nitrogens is 2. The summed E-state index contributed by atoms with van der Waals surface area (Å²) in [6.07, 6.45) is 4.39. The first-order chi connectivity index (χ1) is 11.2.